The van der Waals surface area contributed by atoms with Crippen molar-refractivity contribution in [1.82, 2.24) is 5.32 Å². The first-order valence-corrected chi connectivity index (χ1v) is 7.06. The molecule has 0 saturated carbocycles. The average Bonchev–Trinajstić information content (AvgIpc) is 2.29. The number of halogens is 3. The molecule has 4 heteroatoms. The highest BCUT2D eigenvalue weighted by Crippen LogP contribution is 2.22. The summed E-state index contributed by atoms with van der Waals surface area (Å²) in [4.78, 5) is 0. The van der Waals surface area contributed by atoms with Crippen molar-refractivity contribution in [2.75, 3.05) is 12.4 Å². The molecule has 0 aliphatic heterocycles. The molecule has 1 aromatic carbocycles. The molecule has 0 fully saturated rings. The fourth-order valence-electron chi connectivity index (χ4n) is 1.83. The predicted molar refractivity (Wildman–Crippen MR) is 76.9 cm³/mol. The van der Waals surface area contributed by atoms with Crippen LogP contribution in [0.1, 0.15) is 32.3 Å². The van der Waals surface area contributed by atoms with E-state index in [0.29, 0.717) is 17.4 Å². The highest BCUT2D eigenvalue weighted by molar-refractivity contribution is 6.31. The third kappa shape index (κ3) is 5.55. The maximum atomic E-state index is 12.9. The number of hydrogen-bond donors (Lipinski definition) is 1. The summed E-state index contributed by atoms with van der Waals surface area (Å²) in [6.07, 6.45) is 2.11. The van der Waals surface area contributed by atoms with Gasteiger partial charge in [0.2, 0.25) is 0 Å². The average molecular weight is 292 g/mol. The van der Waals surface area contributed by atoms with Gasteiger partial charge in [0, 0.05) is 24.0 Å². The SMILES string of the molecule is CC(C)(CCCCl)CNCc1ccc(F)cc1Cl. The second-order valence-electron chi connectivity index (χ2n) is 5.30. The first-order chi connectivity index (χ1) is 8.44. The Bertz CT molecular complexity index is 380. The Morgan fingerprint density at radius 2 is 2.06 bits per heavy atom. The van der Waals surface area contributed by atoms with Crippen LogP contribution in [0.2, 0.25) is 5.02 Å². The molecule has 0 aliphatic carbocycles. The van der Waals surface area contributed by atoms with Gasteiger partial charge in [-0.15, -0.1) is 11.6 Å². The summed E-state index contributed by atoms with van der Waals surface area (Å²) in [5, 5.41) is 3.83. The minimum atomic E-state index is -0.300. The molecule has 0 spiro atoms. The van der Waals surface area contributed by atoms with Crippen LogP contribution < -0.4 is 5.32 Å². The zero-order valence-corrected chi connectivity index (χ0v) is 12.4. The summed E-state index contributed by atoms with van der Waals surface area (Å²) in [7, 11) is 0. The summed E-state index contributed by atoms with van der Waals surface area (Å²) in [6, 6.07) is 4.50. The lowest BCUT2D eigenvalue weighted by Crippen LogP contribution is -2.29. The predicted octanol–water partition coefficient (Wildman–Crippen LogP) is 4.61. The normalized spacial score (nSPS) is 11.8. The molecule has 0 heterocycles. The fourth-order valence-corrected chi connectivity index (χ4v) is 2.20. The number of alkyl halides is 1. The molecule has 0 aromatic heterocycles. The third-order valence-corrected chi connectivity index (χ3v) is 3.54. The van der Waals surface area contributed by atoms with Crippen molar-refractivity contribution in [2.45, 2.75) is 33.2 Å². The standard InChI is InChI=1S/C14H20Cl2FN/c1-14(2,6-3-7-15)10-18-9-11-4-5-12(17)8-13(11)16/h4-5,8,18H,3,6-7,9-10H2,1-2H3. The first-order valence-electron chi connectivity index (χ1n) is 6.15. The number of hydrogen-bond acceptors (Lipinski definition) is 1. The van der Waals surface area contributed by atoms with E-state index in [1.54, 1.807) is 6.07 Å². The lowest BCUT2D eigenvalue weighted by molar-refractivity contribution is 0.311. The van der Waals surface area contributed by atoms with Crippen LogP contribution in [0, 0.1) is 11.2 Å². The number of rotatable bonds is 7. The minimum absolute atomic E-state index is 0.210. The van der Waals surface area contributed by atoms with E-state index in [-0.39, 0.29) is 11.2 Å². The summed E-state index contributed by atoms with van der Waals surface area (Å²) in [5.74, 6) is 0.402. The van der Waals surface area contributed by atoms with Gasteiger partial charge in [-0.25, -0.2) is 4.39 Å². The van der Waals surface area contributed by atoms with Crippen molar-refractivity contribution in [3.63, 3.8) is 0 Å². The van der Waals surface area contributed by atoms with Gasteiger partial charge in [-0.3, -0.25) is 0 Å². The van der Waals surface area contributed by atoms with E-state index in [9.17, 15) is 4.39 Å². The summed E-state index contributed by atoms with van der Waals surface area (Å²) in [5.41, 5.74) is 1.13. The van der Waals surface area contributed by atoms with Crippen LogP contribution >= 0.6 is 23.2 Å². The zero-order valence-electron chi connectivity index (χ0n) is 10.9. The van der Waals surface area contributed by atoms with Gasteiger partial charge in [0.25, 0.3) is 0 Å². The number of benzene rings is 1. The lowest BCUT2D eigenvalue weighted by atomic mass is 9.88. The molecule has 1 nitrogen and oxygen atoms in total. The van der Waals surface area contributed by atoms with Gasteiger partial charge >= 0.3 is 0 Å². The van der Waals surface area contributed by atoms with E-state index in [1.165, 1.54) is 12.1 Å². The molecule has 0 saturated heterocycles. The molecule has 0 unspecified atom stereocenters. The van der Waals surface area contributed by atoms with E-state index in [2.05, 4.69) is 19.2 Å². The van der Waals surface area contributed by atoms with Crippen molar-refractivity contribution in [3.05, 3.63) is 34.6 Å². The molecule has 1 aromatic rings. The van der Waals surface area contributed by atoms with Gasteiger partial charge in [0.15, 0.2) is 0 Å². The van der Waals surface area contributed by atoms with Crippen molar-refractivity contribution < 1.29 is 4.39 Å². The molecule has 0 atom stereocenters. The van der Waals surface area contributed by atoms with Crippen LogP contribution in [0.15, 0.2) is 18.2 Å². The molecule has 0 bridgehead atoms. The monoisotopic (exact) mass is 291 g/mol. The Morgan fingerprint density at radius 1 is 1.33 bits per heavy atom. The lowest BCUT2D eigenvalue weighted by Gasteiger charge is -2.24. The molecule has 0 aliphatic rings. The Balaban J connectivity index is 2.41. The van der Waals surface area contributed by atoms with Crippen molar-refractivity contribution >= 4 is 23.2 Å². The molecule has 1 N–H and O–H groups in total. The Kier molecular flexibility index (Phi) is 6.40. The van der Waals surface area contributed by atoms with E-state index in [0.717, 1.165) is 24.9 Å². The zero-order chi connectivity index (χ0) is 13.6. The summed E-state index contributed by atoms with van der Waals surface area (Å²) < 4.78 is 12.9. The van der Waals surface area contributed by atoms with Crippen LogP contribution in [0.5, 0.6) is 0 Å². The number of nitrogens with one attached hydrogen (secondary N) is 1. The second kappa shape index (κ2) is 7.32. The van der Waals surface area contributed by atoms with Crippen LogP contribution in [-0.2, 0) is 6.54 Å². The van der Waals surface area contributed by atoms with Gasteiger partial charge in [0.1, 0.15) is 5.82 Å². The first kappa shape index (κ1) is 15.7. The van der Waals surface area contributed by atoms with E-state index >= 15 is 0 Å². The molecule has 0 radical (unpaired) electrons. The summed E-state index contributed by atoms with van der Waals surface area (Å²) in [6.45, 7) is 5.96. The van der Waals surface area contributed by atoms with Gasteiger partial charge < -0.3 is 5.32 Å². The second-order valence-corrected chi connectivity index (χ2v) is 6.08. The molecule has 0 amide bonds. The maximum absolute atomic E-state index is 12.9. The van der Waals surface area contributed by atoms with Gasteiger partial charge in [0.05, 0.1) is 0 Å². The summed E-state index contributed by atoms with van der Waals surface area (Å²) >= 11 is 11.7. The molecule has 1 rings (SSSR count). The highest BCUT2D eigenvalue weighted by Gasteiger charge is 2.16. The van der Waals surface area contributed by atoms with Gasteiger partial charge in [-0.1, -0.05) is 31.5 Å². The van der Waals surface area contributed by atoms with Crippen molar-refractivity contribution in [2.24, 2.45) is 5.41 Å². The van der Waals surface area contributed by atoms with Gasteiger partial charge in [-0.2, -0.15) is 0 Å². The van der Waals surface area contributed by atoms with E-state index < -0.39 is 0 Å². The molecule has 102 valence electrons. The minimum Gasteiger partial charge on any atom is -0.312 e. The Hall–Kier alpha value is -0.310. The quantitative estimate of drug-likeness (QED) is 0.723. The maximum Gasteiger partial charge on any atom is 0.124 e. The van der Waals surface area contributed by atoms with E-state index in [4.69, 9.17) is 23.2 Å². The molecular formula is C14H20Cl2FN. The Morgan fingerprint density at radius 3 is 2.67 bits per heavy atom. The highest BCUT2D eigenvalue weighted by atomic mass is 35.5. The smallest absolute Gasteiger partial charge is 0.124 e. The van der Waals surface area contributed by atoms with Gasteiger partial charge in [-0.05, 0) is 36.0 Å². The van der Waals surface area contributed by atoms with Crippen LogP contribution in [0.25, 0.3) is 0 Å². The Labute approximate surface area is 119 Å². The van der Waals surface area contributed by atoms with Crippen molar-refractivity contribution in [3.8, 4) is 0 Å². The topological polar surface area (TPSA) is 12.0 Å². The molecular weight excluding hydrogens is 272 g/mol. The van der Waals surface area contributed by atoms with Crippen LogP contribution in [0.3, 0.4) is 0 Å². The van der Waals surface area contributed by atoms with E-state index in [1.807, 2.05) is 0 Å². The van der Waals surface area contributed by atoms with Crippen LogP contribution in [0.4, 0.5) is 4.39 Å². The van der Waals surface area contributed by atoms with Crippen LogP contribution in [-0.4, -0.2) is 12.4 Å². The molecule has 18 heavy (non-hydrogen) atoms. The van der Waals surface area contributed by atoms with Crippen molar-refractivity contribution in [1.29, 1.82) is 0 Å². The largest absolute Gasteiger partial charge is 0.312 e. The third-order valence-electron chi connectivity index (χ3n) is 2.92. The fraction of sp³-hybridized carbons (Fsp3) is 0.571.